The molecule has 0 atom stereocenters. The van der Waals surface area contributed by atoms with Crippen LogP contribution < -0.4 is 15.5 Å². The number of piperazine rings is 1. The van der Waals surface area contributed by atoms with Gasteiger partial charge in [-0.3, -0.25) is 9.59 Å². The number of amides is 2. The summed E-state index contributed by atoms with van der Waals surface area (Å²) in [6, 6.07) is 15.7. The summed E-state index contributed by atoms with van der Waals surface area (Å²) in [6.45, 7) is 8.18. The molecule has 0 radical (unpaired) electrons. The van der Waals surface area contributed by atoms with E-state index in [-0.39, 0.29) is 24.7 Å². The van der Waals surface area contributed by atoms with Crippen LogP contribution in [0.1, 0.15) is 30.9 Å². The Labute approximate surface area is 201 Å². The number of fused-ring (bicyclic) bond motifs is 1. The van der Waals surface area contributed by atoms with Gasteiger partial charge in [0.15, 0.2) is 0 Å². The van der Waals surface area contributed by atoms with Gasteiger partial charge >= 0.3 is 0 Å². The van der Waals surface area contributed by atoms with E-state index >= 15 is 0 Å². The highest BCUT2D eigenvalue weighted by molar-refractivity contribution is 5.98. The Morgan fingerprint density at radius 2 is 1.50 bits per heavy atom. The third-order valence-electron chi connectivity index (χ3n) is 6.34. The molecule has 0 bridgehead atoms. The fourth-order valence-electron chi connectivity index (χ4n) is 4.15. The number of carbonyl (C=O) groups excluding carboxylic acids is 2. The maximum atomic E-state index is 12.4. The van der Waals surface area contributed by atoms with Crippen molar-refractivity contribution >= 4 is 39.9 Å². The Kier molecular flexibility index (Phi) is 7.43. The summed E-state index contributed by atoms with van der Waals surface area (Å²) in [5, 5.41) is 6.78. The van der Waals surface area contributed by atoms with E-state index in [9.17, 15) is 9.59 Å². The van der Waals surface area contributed by atoms with Gasteiger partial charge in [-0.2, -0.15) is 0 Å². The van der Waals surface area contributed by atoms with Gasteiger partial charge in [0, 0.05) is 55.8 Å². The van der Waals surface area contributed by atoms with Gasteiger partial charge in [0.05, 0.1) is 5.52 Å². The van der Waals surface area contributed by atoms with Crippen LogP contribution in [0, 0.1) is 6.92 Å². The summed E-state index contributed by atoms with van der Waals surface area (Å²) in [7, 11) is 2.14. The van der Waals surface area contributed by atoms with Crippen LogP contribution in [0.15, 0.2) is 48.5 Å². The van der Waals surface area contributed by atoms with Gasteiger partial charge in [0.1, 0.15) is 5.82 Å². The third kappa shape index (κ3) is 5.91. The van der Waals surface area contributed by atoms with Crippen molar-refractivity contribution in [1.82, 2.24) is 9.88 Å². The Bertz CT molecular complexity index is 1170. The molecule has 1 aliphatic heterocycles. The van der Waals surface area contributed by atoms with Gasteiger partial charge in [0.25, 0.3) is 0 Å². The maximum Gasteiger partial charge on any atom is 0.224 e. The molecule has 2 amide bonds. The van der Waals surface area contributed by atoms with Gasteiger partial charge < -0.3 is 20.4 Å². The molecule has 7 heteroatoms. The van der Waals surface area contributed by atoms with Gasteiger partial charge in [-0.25, -0.2) is 4.98 Å². The molecule has 0 saturated carbocycles. The number of likely N-dealkylation sites (N-methyl/N-ethyl adjacent to an activating group) is 1. The lowest BCUT2D eigenvalue weighted by Gasteiger charge is -2.33. The number of nitrogens with one attached hydrogen (secondary N) is 2. The van der Waals surface area contributed by atoms with Crippen LogP contribution in [-0.2, 0) is 16.0 Å². The first-order chi connectivity index (χ1) is 16.4. The molecular weight excluding hydrogens is 426 g/mol. The summed E-state index contributed by atoms with van der Waals surface area (Å²) >= 11 is 0. The lowest BCUT2D eigenvalue weighted by molar-refractivity contribution is -0.121. The fraction of sp³-hybridized carbons (Fsp3) is 0.370. The second-order valence-corrected chi connectivity index (χ2v) is 8.97. The van der Waals surface area contributed by atoms with Crippen molar-refractivity contribution in [1.29, 1.82) is 0 Å². The highest BCUT2D eigenvalue weighted by Crippen LogP contribution is 2.26. The van der Waals surface area contributed by atoms with Crippen LogP contribution >= 0.6 is 0 Å². The molecule has 1 saturated heterocycles. The minimum absolute atomic E-state index is 0.122. The largest absolute Gasteiger partial charge is 0.354 e. The Morgan fingerprint density at radius 3 is 2.15 bits per heavy atom. The number of nitrogens with zero attached hydrogens (tertiary/aromatic N) is 3. The quantitative estimate of drug-likeness (QED) is 0.553. The molecular formula is C27H33N5O2. The highest BCUT2D eigenvalue weighted by atomic mass is 16.2. The SMILES string of the molecule is CCc1ccc(NC(=O)CCC(=O)Nc2ccc3nc(N4CCN(C)CC4)cc(C)c3c2)cc1. The van der Waals surface area contributed by atoms with E-state index in [4.69, 9.17) is 4.98 Å². The van der Waals surface area contributed by atoms with E-state index in [1.54, 1.807) is 0 Å². The van der Waals surface area contributed by atoms with Crippen molar-refractivity contribution < 1.29 is 9.59 Å². The van der Waals surface area contributed by atoms with E-state index in [1.807, 2.05) is 42.5 Å². The van der Waals surface area contributed by atoms with Crippen molar-refractivity contribution in [2.24, 2.45) is 0 Å². The van der Waals surface area contributed by atoms with E-state index in [2.05, 4.69) is 47.4 Å². The van der Waals surface area contributed by atoms with Crippen LogP contribution in [-0.4, -0.2) is 54.9 Å². The lowest BCUT2D eigenvalue weighted by Crippen LogP contribution is -2.44. The maximum absolute atomic E-state index is 12.4. The van der Waals surface area contributed by atoms with E-state index in [0.717, 1.165) is 60.6 Å². The van der Waals surface area contributed by atoms with E-state index in [0.29, 0.717) is 5.69 Å². The normalized spacial score (nSPS) is 14.3. The van der Waals surface area contributed by atoms with Gasteiger partial charge in [-0.05, 0) is 67.9 Å². The topological polar surface area (TPSA) is 77.6 Å². The molecule has 34 heavy (non-hydrogen) atoms. The molecule has 1 aliphatic rings. The van der Waals surface area contributed by atoms with Crippen molar-refractivity contribution in [3.8, 4) is 0 Å². The fourth-order valence-corrected chi connectivity index (χ4v) is 4.15. The summed E-state index contributed by atoms with van der Waals surface area (Å²) in [6.07, 6.45) is 1.20. The number of hydrogen-bond donors (Lipinski definition) is 2. The van der Waals surface area contributed by atoms with Crippen LogP contribution in [0.3, 0.4) is 0 Å². The van der Waals surface area contributed by atoms with Gasteiger partial charge in [0.2, 0.25) is 11.8 Å². The predicted octanol–water partition coefficient (Wildman–Crippen LogP) is 4.21. The van der Waals surface area contributed by atoms with Crippen molar-refractivity contribution in [2.75, 3.05) is 48.8 Å². The summed E-state index contributed by atoms with van der Waals surface area (Å²) in [4.78, 5) is 34.2. The Hall–Kier alpha value is -3.45. The minimum atomic E-state index is -0.185. The number of aryl methyl sites for hydroxylation is 2. The standard InChI is InChI=1S/C27H33N5O2/c1-4-20-5-7-21(8-6-20)28-26(33)11-12-27(34)29-22-9-10-24-23(18-22)19(2)17-25(30-24)32-15-13-31(3)14-16-32/h5-10,17-18H,4,11-16H2,1-3H3,(H,28,33)(H,29,34). The minimum Gasteiger partial charge on any atom is -0.354 e. The average Bonchev–Trinajstić information content (AvgIpc) is 2.84. The third-order valence-corrected chi connectivity index (χ3v) is 6.34. The first kappa shape index (κ1) is 23.7. The second-order valence-electron chi connectivity index (χ2n) is 8.97. The zero-order valence-corrected chi connectivity index (χ0v) is 20.2. The van der Waals surface area contributed by atoms with Crippen molar-refractivity contribution in [2.45, 2.75) is 33.1 Å². The van der Waals surface area contributed by atoms with Crippen LogP contribution in [0.2, 0.25) is 0 Å². The summed E-state index contributed by atoms with van der Waals surface area (Å²) in [5.74, 6) is 0.648. The molecule has 0 spiro atoms. The molecule has 2 heterocycles. The Morgan fingerprint density at radius 1 is 0.882 bits per heavy atom. The van der Waals surface area contributed by atoms with Gasteiger partial charge in [-0.15, -0.1) is 0 Å². The smallest absolute Gasteiger partial charge is 0.224 e. The average molecular weight is 460 g/mol. The van der Waals surface area contributed by atoms with Crippen molar-refractivity contribution in [3.63, 3.8) is 0 Å². The summed E-state index contributed by atoms with van der Waals surface area (Å²) < 4.78 is 0. The molecule has 0 aliphatic carbocycles. The molecule has 178 valence electrons. The molecule has 1 aromatic heterocycles. The number of aromatic nitrogens is 1. The second kappa shape index (κ2) is 10.7. The molecule has 2 aromatic carbocycles. The van der Waals surface area contributed by atoms with Crippen LogP contribution in [0.5, 0.6) is 0 Å². The van der Waals surface area contributed by atoms with Gasteiger partial charge in [-0.1, -0.05) is 19.1 Å². The predicted molar refractivity (Wildman–Crippen MR) is 139 cm³/mol. The van der Waals surface area contributed by atoms with Crippen LogP contribution in [0.25, 0.3) is 10.9 Å². The number of carbonyl (C=O) groups is 2. The number of anilines is 3. The number of pyridine rings is 1. The first-order valence-corrected chi connectivity index (χ1v) is 11.9. The first-order valence-electron chi connectivity index (χ1n) is 11.9. The number of rotatable bonds is 7. The highest BCUT2D eigenvalue weighted by Gasteiger charge is 2.17. The van der Waals surface area contributed by atoms with Crippen LogP contribution in [0.4, 0.5) is 17.2 Å². The Balaban J connectivity index is 1.34. The molecule has 3 aromatic rings. The molecule has 1 fully saturated rings. The van der Waals surface area contributed by atoms with E-state index < -0.39 is 0 Å². The van der Waals surface area contributed by atoms with Crippen molar-refractivity contribution in [3.05, 3.63) is 59.7 Å². The molecule has 4 rings (SSSR count). The molecule has 7 nitrogen and oxygen atoms in total. The molecule has 2 N–H and O–H groups in total. The molecule has 0 unspecified atom stereocenters. The summed E-state index contributed by atoms with van der Waals surface area (Å²) in [5.41, 5.74) is 4.72. The number of hydrogen-bond acceptors (Lipinski definition) is 5. The zero-order chi connectivity index (χ0) is 24.1. The lowest BCUT2D eigenvalue weighted by atomic mass is 10.1. The monoisotopic (exact) mass is 459 g/mol. The van der Waals surface area contributed by atoms with E-state index in [1.165, 1.54) is 5.56 Å². The number of benzene rings is 2. The zero-order valence-electron chi connectivity index (χ0n) is 20.2.